The average molecular weight is 412 g/mol. The summed E-state index contributed by atoms with van der Waals surface area (Å²) >= 11 is 0. The Balaban J connectivity index is 1.77. The first kappa shape index (κ1) is 21.6. The number of alkyl carbamates (subject to hydrolysis) is 1. The van der Waals surface area contributed by atoms with Gasteiger partial charge in [-0.1, -0.05) is 13.8 Å². The van der Waals surface area contributed by atoms with Crippen molar-refractivity contribution in [1.29, 1.82) is 0 Å². The Morgan fingerprint density at radius 3 is 2.63 bits per heavy atom. The summed E-state index contributed by atoms with van der Waals surface area (Å²) in [5.41, 5.74) is -0.564. The number of nitrogens with zero attached hydrogens (tertiary/aromatic N) is 1. The third-order valence-corrected chi connectivity index (χ3v) is 4.41. The van der Waals surface area contributed by atoms with E-state index in [4.69, 9.17) is 13.9 Å². The fourth-order valence-corrected chi connectivity index (χ4v) is 3.25. The van der Waals surface area contributed by atoms with Gasteiger partial charge in [0, 0.05) is 29.2 Å². The standard InChI is InChI=1S/C23H28N2O5/c1-14(2)10-15(25-22(27)30-23(3,4)5)13-28-16-6-7-18-17-8-9-24-12-19(17)21(26)29-20(18)11-16/h6-9,11-12,14-15H,10,13H2,1-5H3,(H,25,27)/t15-/m0/s1. The Morgan fingerprint density at radius 1 is 1.17 bits per heavy atom. The second-order valence-corrected chi connectivity index (χ2v) is 8.75. The fourth-order valence-electron chi connectivity index (χ4n) is 3.25. The van der Waals surface area contributed by atoms with Gasteiger partial charge in [-0.25, -0.2) is 9.59 Å². The van der Waals surface area contributed by atoms with E-state index in [1.807, 2.05) is 32.9 Å². The summed E-state index contributed by atoms with van der Waals surface area (Å²) in [5.74, 6) is 0.918. The van der Waals surface area contributed by atoms with E-state index >= 15 is 0 Å². The summed E-state index contributed by atoms with van der Waals surface area (Å²) in [6.07, 6.45) is 3.41. The highest BCUT2D eigenvalue weighted by Crippen LogP contribution is 2.26. The number of pyridine rings is 1. The van der Waals surface area contributed by atoms with E-state index in [-0.39, 0.29) is 12.6 Å². The number of ether oxygens (including phenoxy) is 2. The summed E-state index contributed by atoms with van der Waals surface area (Å²) in [4.78, 5) is 28.4. The van der Waals surface area contributed by atoms with Crippen LogP contribution >= 0.6 is 0 Å². The third-order valence-electron chi connectivity index (χ3n) is 4.41. The Labute approximate surface area is 175 Å². The van der Waals surface area contributed by atoms with Gasteiger partial charge in [-0.3, -0.25) is 4.98 Å². The highest BCUT2D eigenvalue weighted by atomic mass is 16.6. The van der Waals surface area contributed by atoms with Crippen LogP contribution in [-0.2, 0) is 4.74 Å². The van der Waals surface area contributed by atoms with E-state index in [9.17, 15) is 9.59 Å². The number of benzene rings is 1. The lowest BCUT2D eigenvalue weighted by atomic mass is 10.0. The number of aromatic nitrogens is 1. The predicted molar refractivity (Wildman–Crippen MR) is 116 cm³/mol. The van der Waals surface area contributed by atoms with Gasteiger partial charge < -0.3 is 19.2 Å². The van der Waals surface area contributed by atoms with Crippen LogP contribution in [0.15, 0.2) is 45.9 Å². The minimum atomic E-state index is -0.568. The molecular weight excluding hydrogens is 384 g/mol. The van der Waals surface area contributed by atoms with Gasteiger partial charge in [-0.05, 0) is 51.3 Å². The molecule has 1 N–H and O–H groups in total. The summed E-state index contributed by atoms with van der Waals surface area (Å²) < 4.78 is 16.7. The van der Waals surface area contributed by atoms with E-state index in [1.165, 1.54) is 6.20 Å². The van der Waals surface area contributed by atoms with Crippen LogP contribution in [0, 0.1) is 5.92 Å². The molecule has 2 aromatic heterocycles. The van der Waals surface area contributed by atoms with Crippen LogP contribution in [0.1, 0.15) is 41.0 Å². The number of hydrogen-bond acceptors (Lipinski definition) is 6. The van der Waals surface area contributed by atoms with E-state index in [0.29, 0.717) is 22.6 Å². The molecule has 30 heavy (non-hydrogen) atoms. The number of hydrogen-bond donors (Lipinski definition) is 1. The first-order valence-electron chi connectivity index (χ1n) is 10.1. The molecule has 0 aliphatic heterocycles. The minimum Gasteiger partial charge on any atom is -0.491 e. The molecule has 0 spiro atoms. The molecule has 0 saturated heterocycles. The lowest BCUT2D eigenvalue weighted by molar-refractivity contribution is 0.0480. The van der Waals surface area contributed by atoms with Crippen molar-refractivity contribution < 1.29 is 18.7 Å². The molecule has 7 nitrogen and oxygen atoms in total. The number of rotatable bonds is 6. The maximum Gasteiger partial charge on any atom is 0.407 e. The lowest BCUT2D eigenvalue weighted by Gasteiger charge is -2.24. The molecular formula is C23H28N2O5. The molecule has 0 saturated carbocycles. The molecule has 1 atom stereocenters. The Kier molecular flexibility index (Phi) is 6.29. The second kappa shape index (κ2) is 8.73. The van der Waals surface area contributed by atoms with Crippen LogP contribution in [0.2, 0.25) is 0 Å². The van der Waals surface area contributed by atoms with E-state index in [0.717, 1.165) is 17.2 Å². The summed E-state index contributed by atoms with van der Waals surface area (Å²) in [6, 6.07) is 6.94. The van der Waals surface area contributed by atoms with E-state index in [1.54, 1.807) is 18.3 Å². The highest BCUT2D eigenvalue weighted by Gasteiger charge is 2.21. The number of amides is 1. The number of nitrogens with one attached hydrogen (secondary N) is 1. The van der Waals surface area contributed by atoms with Crippen LogP contribution in [0.4, 0.5) is 4.79 Å². The monoisotopic (exact) mass is 412 g/mol. The molecule has 160 valence electrons. The number of carbonyl (C=O) groups excluding carboxylic acids is 1. The summed E-state index contributed by atoms with van der Waals surface area (Å²) in [5, 5.41) is 4.92. The first-order valence-corrected chi connectivity index (χ1v) is 10.1. The van der Waals surface area contributed by atoms with Crippen molar-refractivity contribution in [2.24, 2.45) is 5.92 Å². The minimum absolute atomic E-state index is 0.217. The van der Waals surface area contributed by atoms with Crippen molar-refractivity contribution in [3.05, 3.63) is 47.1 Å². The van der Waals surface area contributed by atoms with Crippen LogP contribution in [0.3, 0.4) is 0 Å². The number of fused-ring (bicyclic) bond motifs is 3. The van der Waals surface area contributed by atoms with Gasteiger partial charge in [0.05, 0.1) is 11.4 Å². The topological polar surface area (TPSA) is 90.7 Å². The van der Waals surface area contributed by atoms with Gasteiger partial charge in [0.25, 0.3) is 0 Å². The SMILES string of the molecule is CC(C)C[C@@H](COc1ccc2c(c1)oc(=O)c1cnccc12)NC(=O)OC(C)(C)C. The van der Waals surface area contributed by atoms with Crippen molar-refractivity contribution >= 4 is 27.8 Å². The fraction of sp³-hybridized carbons (Fsp3) is 0.435. The quantitative estimate of drug-likeness (QED) is 0.468. The molecule has 3 rings (SSSR count). The van der Waals surface area contributed by atoms with E-state index in [2.05, 4.69) is 24.1 Å². The average Bonchev–Trinajstić information content (AvgIpc) is 2.64. The van der Waals surface area contributed by atoms with Crippen molar-refractivity contribution in [3.8, 4) is 5.75 Å². The maximum atomic E-state index is 12.2. The molecule has 0 aliphatic rings. The second-order valence-electron chi connectivity index (χ2n) is 8.75. The Hall–Kier alpha value is -3.09. The van der Waals surface area contributed by atoms with Crippen molar-refractivity contribution in [1.82, 2.24) is 10.3 Å². The molecule has 0 fully saturated rings. The largest absolute Gasteiger partial charge is 0.491 e. The molecule has 0 radical (unpaired) electrons. The highest BCUT2D eigenvalue weighted by molar-refractivity contribution is 6.04. The molecule has 0 aliphatic carbocycles. The number of carbonyl (C=O) groups is 1. The molecule has 7 heteroatoms. The Morgan fingerprint density at radius 2 is 1.93 bits per heavy atom. The van der Waals surface area contributed by atoms with Gasteiger partial charge in [0.2, 0.25) is 0 Å². The molecule has 3 aromatic rings. The summed E-state index contributed by atoms with van der Waals surface area (Å²) in [6.45, 7) is 9.89. The van der Waals surface area contributed by atoms with Crippen LogP contribution < -0.4 is 15.7 Å². The van der Waals surface area contributed by atoms with E-state index < -0.39 is 17.3 Å². The van der Waals surface area contributed by atoms with Gasteiger partial charge in [0.1, 0.15) is 23.5 Å². The zero-order valence-electron chi connectivity index (χ0n) is 18.0. The molecule has 1 aromatic carbocycles. The Bertz CT molecular complexity index is 1100. The zero-order chi connectivity index (χ0) is 21.9. The molecule has 1 amide bonds. The van der Waals surface area contributed by atoms with Crippen molar-refractivity contribution in [2.45, 2.75) is 52.7 Å². The van der Waals surface area contributed by atoms with Gasteiger partial charge in [-0.2, -0.15) is 0 Å². The summed E-state index contributed by atoms with van der Waals surface area (Å²) in [7, 11) is 0. The van der Waals surface area contributed by atoms with Crippen molar-refractivity contribution in [2.75, 3.05) is 6.61 Å². The lowest BCUT2D eigenvalue weighted by Crippen LogP contribution is -2.42. The van der Waals surface area contributed by atoms with Gasteiger partial charge in [0.15, 0.2) is 0 Å². The van der Waals surface area contributed by atoms with Gasteiger partial charge >= 0.3 is 11.7 Å². The molecule has 0 bridgehead atoms. The van der Waals surface area contributed by atoms with Crippen LogP contribution in [0.25, 0.3) is 21.7 Å². The molecule has 2 heterocycles. The maximum absolute atomic E-state index is 12.2. The van der Waals surface area contributed by atoms with Gasteiger partial charge in [-0.15, -0.1) is 0 Å². The predicted octanol–water partition coefficient (Wildman–Crippen LogP) is 4.66. The van der Waals surface area contributed by atoms with Crippen LogP contribution in [-0.4, -0.2) is 29.3 Å². The normalized spacial score (nSPS) is 12.9. The zero-order valence-corrected chi connectivity index (χ0v) is 18.0. The van der Waals surface area contributed by atoms with Crippen molar-refractivity contribution in [3.63, 3.8) is 0 Å². The first-order chi connectivity index (χ1) is 14.1. The smallest absolute Gasteiger partial charge is 0.407 e. The molecule has 0 unspecified atom stereocenters. The van der Waals surface area contributed by atoms with Crippen LogP contribution in [0.5, 0.6) is 5.75 Å². The third kappa shape index (κ3) is 5.49.